The normalized spacial score (nSPS) is 14.3. The van der Waals surface area contributed by atoms with Crippen molar-refractivity contribution < 1.29 is 17.7 Å². The molecule has 0 amide bonds. The molecule has 9 heteroatoms. The molecule has 1 aliphatic carbocycles. The van der Waals surface area contributed by atoms with Crippen LogP contribution < -0.4 is 9.46 Å². The maximum atomic E-state index is 13.1. The molecule has 0 spiro atoms. The van der Waals surface area contributed by atoms with Crippen LogP contribution in [0, 0.1) is 13.8 Å². The number of hydrogen-bond donors (Lipinski definition) is 2. The number of rotatable bonds is 6. The molecular formula is C18H20N4O4S. The van der Waals surface area contributed by atoms with Gasteiger partial charge in [0.25, 0.3) is 15.9 Å². The fourth-order valence-corrected chi connectivity index (χ4v) is 4.59. The van der Waals surface area contributed by atoms with Gasteiger partial charge in [-0.2, -0.15) is 4.98 Å². The number of nitrogens with one attached hydrogen (secondary N) is 2. The number of benzene rings is 1. The lowest BCUT2D eigenvalue weighted by atomic mass is 10.2. The molecule has 1 saturated carbocycles. The summed E-state index contributed by atoms with van der Waals surface area (Å²) < 4.78 is 39.4. The molecule has 0 saturated heterocycles. The Morgan fingerprint density at radius 1 is 1.26 bits per heavy atom. The number of aromatic amines is 1. The number of sulfonamides is 1. The summed E-state index contributed by atoms with van der Waals surface area (Å²) in [5.41, 5.74) is 1.97. The van der Waals surface area contributed by atoms with Crippen molar-refractivity contribution in [2.75, 3.05) is 11.8 Å². The molecule has 1 fully saturated rings. The highest BCUT2D eigenvalue weighted by molar-refractivity contribution is 7.93. The Hall–Kier alpha value is -2.81. The number of H-pyrrole nitrogens is 1. The second-order valence-electron chi connectivity index (χ2n) is 6.65. The molecule has 0 aliphatic heterocycles. The van der Waals surface area contributed by atoms with Crippen LogP contribution in [0.1, 0.15) is 36.0 Å². The Bertz CT molecular complexity index is 1100. The lowest BCUT2D eigenvalue weighted by Crippen LogP contribution is -2.14. The van der Waals surface area contributed by atoms with Gasteiger partial charge in [-0.05, 0) is 38.8 Å². The van der Waals surface area contributed by atoms with Gasteiger partial charge in [0.2, 0.25) is 0 Å². The van der Waals surface area contributed by atoms with Crippen molar-refractivity contribution in [3.8, 4) is 17.2 Å². The van der Waals surface area contributed by atoms with E-state index in [1.54, 1.807) is 38.1 Å². The lowest BCUT2D eigenvalue weighted by molar-refractivity contribution is 0.415. The highest BCUT2D eigenvalue weighted by atomic mass is 32.2. The van der Waals surface area contributed by atoms with Gasteiger partial charge in [-0.3, -0.25) is 4.72 Å². The minimum atomic E-state index is -3.89. The van der Waals surface area contributed by atoms with Gasteiger partial charge in [-0.25, -0.2) is 8.42 Å². The molecule has 142 valence electrons. The Kier molecular flexibility index (Phi) is 4.18. The molecule has 2 heterocycles. The first-order valence-electron chi connectivity index (χ1n) is 8.59. The van der Waals surface area contributed by atoms with Crippen LogP contribution in [0.5, 0.6) is 5.75 Å². The maximum Gasteiger partial charge on any atom is 0.264 e. The third-order valence-electron chi connectivity index (χ3n) is 4.51. The molecule has 4 rings (SSSR count). The largest absolute Gasteiger partial charge is 0.497 e. The Morgan fingerprint density at radius 3 is 2.74 bits per heavy atom. The van der Waals surface area contributed by atoms with Crippen molar-refractivity contribution in [3.05, 3.63) is 41.5 Å². The molecular weight excluding hydrogens is 368 g/mol. The molecule has 0 radical (unpaired) electrons. The topological polar surface area (TPSA) is 110 Å². The van der Waals surface area contributed by atoms with Gasteiger partial charge in [-0.15, -0.1) is 0 Å². The van der Waals surface area contributed by atoms with E-state index in [-0.39, 0.29) is 10.8 Å². The van der Waals surface area contributed by atoms with E-state index in [9.17, 15) is 8.42 Å². The van der Waals surface area contributed by atoms with Gasteiger partial charge >= 0.3 is 0 Å². The summed E-state index contributed by atoms with van der Waals surface area (Å²) in [5, 5.41) is 4.00. The number of methoxy groups -OCH3 is 1. The number of ether oxygens (including phenoxy) is 1. The van der Waals surface area contributed by atoms with Gasteiger partial charge < -0.3 is 14.2 Å². The van der Waals surface area contributed by atoms with Crippen LogP contribution in [0.25, 0.3) is 11.5 Å². The van der Waals surface area contributed by atoms with Crippen molar-refractivity contribution in [3.63, 3.8) is 0 Å². The smallest absolute Gasteiger partial charge is 0.264 e. The van der Waals surface area contributed by atoms with E-state index in [1.807, 2.05) is 0 Å². The minimum absolute atomic E-state index is 0.105. The first-order valence-corrected chi connectivity index (χ1v) is 10.1. The third kappa shape index (κ3) is 3.30. The van der Waals surface area contributed by atoms with Crippen molar-refractivity contribution in [2.24, 2.45) is 0 Å². The van der Waals surface area contributed by atoms with Gasteiger partial charge in [0, 0.05) is 23.4 Å². The average molecular weight is 388 g/mol. The molecule has 2 N–H and O–H groups in total. The van der Waals surface area contributed by atoms with Gasteiger partial charge in [-0.1, -0.05) is 11.2 Å². The monoisotopic (exact) mass is 388 g/mol. The van der Waals surface area contributed by atoms with Crippen LogP contribution in [0.4, 0.5) is 5.69 Å². The Balaban J connectivity index is 1.75. The van der Waals surface area contributed by atoms with Crippen LogP contribution in [0.2, 0.25) is 0 Å². The molecule has 2 aromatic heterocycles. The molecule has 1 aromatic carbocycles. The number of aryl methyl sites for hydroxylation is 2. The van der Waals surface area contributed by atoms with Crippen LogP contribution in [0.3, 0.4) is 0 Å². The third-order valence-corrected chi connectivity index (χ3v) is 6.06. The van der Waals surface area contributed by atoms with E-state index in [4.69, 9.17) is 9.26 Å². The number of aromatic nitrogens is 3. The number of nitrogens with zero attached hydrogens (tertiary/aromatic N) is 2. The van der Waals surface area contributed by atoms with E-state index >= 15 is 0 Å². The van der Waals surface area contributed by atoms with E-state index < -0.39 is 10.0 Å². The Labute approximate surface area is 157 Å². The van der Waals surface area contributed by atoms with E-state index in [0.717, 1.165) is 12.8 Å². The molecule has 3 aromatic rings. The van der Waals surface area contributed by atoms with Gasteiger partial charge in [0.05, 0.1) is 18.4 Å². The first-order chi connectivity index (χ1) is 12.9. The minimum Gasteiger partial charge on any atom is -0.497 e. The zero-order chi connectivity index (χ0) is 19.2. The summed E-state index contributed by atoms with van der Waals surface area (Å²) in [6, 6.07) is 6.73. The summed E-state index contributed by atoms with van der Waals surface area (Å²) in [7, 11) is -2.36. The van der Waals surface area contributed by atoms with Crippen molar-refractivity contribution in [2.45, 2.75) is 37.5 Å². The number of anilines is 1. The summed E-state index contributed by atoms with van der Waals surface area (Å²) >= 11 is 0. The number of hydrogen-bond acceptors (Lipinski definition) is 6. The highest BCUT2D eigenvalue weighted by Gasteiger charge is 2.32. The fourth-order valence-electron chi connectivity index (χ4n) is 3.09. The predicted octanol–water partition coefficient (Wildman–Crippen LogP) is 3.37. The fraction of sp³-hybridized carbons (Fsp3) is 0.333. The zero-order valence-corrected chi connectivity index (χ0v) is 16.1. The van der Waals surface area contributed by atoms with E-state index in [0.29, 0.717) is 40.1 Å². The van der Waals surface area contributed by atoms with Gasteiger partial charge in [0.15, 0.2) is 5.82 Å². The van der Waals surface area contributed by atoms with E-state index in [1.165, 1.54) is 7.11 Å². The average Bonchev–Trinajstić information content (AvgIpc) is 3.27. The van der Waals surface area contributed by atoms with Crippen LogP contribution in [-0.2, 0) is 10.0 Å². The standard InChI is InChI=1S/C18H20N4O4S/c1-10-15(18-20-17(21-26-18)12-7-8-12)16(11(2)19-10)27(23,24)22-13-5-4-6-14(9-13)25-3/h4-6,9,12,19,22H,7-8H2,1-3H3. The molecule has 0 atom stereocenters. The van der Waals surface area contributed by atoms with Crippen LogP contribution in [0.15, 0.2) is 33.7 Å². The second-order valence-corrected chi connectivity index (χ2v) is 8.27. The highest BCUT2D eigenvalue weighted by Crippen LogP contribution is 2.40. The molecule has 1 aliphatic rings. The first kappa shape index (κ1) is 17.6. The summed E-state index contributed by atoms with van der Waals surface area (Å²) in [6.07, 6.45) is 2.07. The Morgan fingerprint density at radius 2 is 2.04 bits per heavy atom. The zero-order valence-electron chi connectivity index (χ0n) is 15.2. The SMILES string of the molecule is COc1cccc(NS(=O)(=O)c2c(C)[nH]c(C)c2-c2nc(C3CC3)no2)c1. The maximum absolute atomic E-state index is 13.1. The molecule has 8 nitrogen and oxygen atoms in total. The van der Waals surface area contributed by atoms with E-state index in [2.05, 4.69) is 19.8 Å². The van der Waals surface area contributed by atoms with Gasteiger partial charge in [0.1, 0.15) is 10.6 Å². The van der Waals surface area contributed by atoms with Crippen molar-refractivity contribution in [1.82, 2.24) is 15.1 Å². The lowest BCUT2D eigenvalue weighted by Gasteiger charge is -2.10. The summed E-state index contributed by atoms with van der Waals surface area (Å²) in [5.74, 6) is 1.72. The van der Waals surface area contributed by atoms with Crippen LogP contribution in [-0.4, -0.2) is 30.7 Å². The van der Waals surface area contributed by atoms with Crippen molar-refractivity contribution in [1.29, 1.82) is 0 Å². The van der Waals surface area contributed by atoms with Crippen LogP contribution >= 0.6 is 0 Å². The second kappa shape index (κ2) is 6.41. The summed E-state index contributed by atoms with van der Waals surface area (Å²) in [6.45, 7) is 3.49. The summed E-state index contributed by atoms with van der Waals surface area (Å²) in [4.78, 5) is 7.59. The quantitative estimate of drug-likeness (QED) is 0.670. The van der Waals surface area contributed by atoms with Crippen molar-refractivity contribution >= 4 is 15.7 Å². The molecule has 27 heavy (non-hydrogen) atoms. The predicted molar refractivity (Wildman–Crippen MR) is 99.3 cm³/mol. The molecule has 0 bridgehead atoms. The molecule has 0 unspecified atom stereocenters.